The molecule has 0 aromatic heterocycles. The summed E-state index contributed by atoms with van der Waals surface area (Å²) in [4.78, 5) is 11.9. The van der Waals surface area contributed by atoms with Crippen molar-refractivity contribution in [1.82, 2.24) is 5.32 Å². The summed E-state index contributed by atoms with van der Waals surface area (Å²) in [6, 6.07) is 8.68. The van der Waals surface area contributed by atoms with Crippen LogP contribution in [0.1, 0.15) is 63.0 Å². The first-order chi connectivity index (χ1) is 10.5. The van der Waals surface area contributed by atoms with Crippen LogP contribution in [0.3, 0.4) is 0 Å². The maximum absolute atomic E-state index is 11.9. The largest absolute Gasteiger partial charge is 0.393 e. The van der Waals surface area contributed by atoms with Crippen molar-refractivity contribution >= 4 is 12.0 Å². The highest BCUT2D eigenvalue weighted by Crippen LogP contribution is 2.18. The van der Waals surface area contributed by atoms with E-state index in [0.717, 1.165) is 31.2 Å². The molecule has 1 saturated carbocycles. The van der Waals surface area contributed by atoms with Crippen molar-refractivity contribution in [3.05, 3.63) is 41.5 Å². The van der Waals surface area contributed by atoms with Crippen molar-refractivity contribution in [2.75, 3.05) is 0 Å². The first kappa shape index (κ1) is 16.8. The van der Waals surface area contributed by atoms with Crippen molar-refractivity contribution in [1.29, 1.82) is 0 Å². The standard InChI is InChI=1S/C19H27NO2/c1-14(2)16-8-6-15(7-9-16)4-3-5-19(22)20-17-10-12-18(21)13-11-17/h3-4,6-9,14,17-18,21H,5,10-13H2,1-2H3,(H,20,22)/b4-3+. The number of hydrogen-bond donors (Lipinski definition) is 2. The Morgan fingerprint density at radius 3 is 2.45 bits per heavy atom. The van der Waals surface area contributed by atoms with Gasteiger partial charge in [0.2, 0.25) is 5.91 Å². The molecule has 3 nitrogen and oxygen atoms in total. The fourth-order valence-corrected chi connectivity index (χ4v) is 2.80. The molecule has 0 heterocycles. The van der Waals surface area contributed by atoms with E-state index in [1.165, 1.54) is 5.56 Å². The summed E-state index contributed by atoms with van der Waals surface area (Å²) in [5.41, 5.74) is 2.45. The van der Waals surface area contributed by atoms with Crippen LogP contribution in [-0.4, -0.2) is 23.2 Å². The molecule has 0 bridgehead atoms. The lowest BCUT2D eigenvalue weighted by Crippen LogP contribution is -2.38. The summed E-state index contributed by atoms with van der Waals surface area (Å²) >= 11 is 0. The van der Waals surface area contributed by atoms with E-state index in [1.807, 2.05) is 12.2 Å². The van der Waals surface area contributed by atoms with E-state index in [0.29, 0.717) is 12.3 Å². The first-order valence-electron chi connectivity index (χ1n) is 8.28. The van der Waals surface area contributed by atoms with Crippen LogP contribution >= 0.6 is 0 Å². The van der Waals surface area contributed by atoms with Gasteiger partial charge in [-0.05, 0) is 42.7 Å². The van der Waals surface area contributed by atoms with Crippen LogP contribution in [0.2, 0.25) is 0 Å². The molecule has 2 rings (SSSR count). The molecule has 1 aromatic carbocycles. The fraction of sp³-hybridized carbons (Fsp3) is 0.526. The number of hydrogen-bond acceptors (Lipinski definition) is 2. The van der Waals surface area contributed by atoms with Gasteiger partial charge in [0.25, 0.3) is 0 Å². The SMILES string of the molecule is CC(C)c1ccc(/C=C/CC(=O)NC2CCC(O)CC2)cc1. The summed E-state index contributed by atoms with van der Waals surface area (Å²) in [5.74, 6) is 0.606. The second-order valence-corrected chi connectivity index (χ2v) is 6.50. The van der Waals surface area contributed by atoms with Crippen LogP contribution in [0.5, 0.6) is 0 Å². The van der Waals surface area contributed by atoms with Crippen LogP contribution in [0.15, 0.2) is 30.3 Å². The Kier molecular flexibility index (Phi) is 6.20. The van der Waals surface area contributed by atoms with Gasteiger partial charge in [0.15, 0.2) is 0 Å². The topological polar surface area (TPSA) is 49.3 Å². The van der Waals surface area contributed by atoms with Gasteiger partial charge in [0.1, 0.15) is 0 Å². The van der Waals surface area contributed by atoms with Gasteiger partial charge in [0, 0.05) is 12.5 Å². The highest BCUT2D eigenvalue weighted by molar-refractivity contribution is 5.78. The van der Waals surface area contributed by atoms with Crippen LogP contribution in [-0.2, 0) is 4.79 Å². The number of benzene rings is 1. The highest BCUT2D eigenvalue weighted by atomic mass is 16.3. The molecular weight excluding hydrogens is 274 g/mol. The quantitative estimate of drug-likeness (QED) is 0.872. The first-order valence-corrected chi connectivity index (χ1v) is 8.28. The smallest absolute Gasteiger partial charge is 0.224 e. The van der Waals surface area contributed by atoms with E-state index >= 15 is 0 Å². The molecule has 3 heteroatoms. The van der Waals surface area contributed by atoms with Crippen molar-refractivity contribution in [3.63, 3.8) is 0 Å². The molecular formula is C19H27NO2. The lowest BCUT2D eigenvalue weighted by Gasteiger charge is -2.25. The zero-order valence-corrected chi connectivity index (χ0v) is 13.6. The molecule has 1 fully saturated rings. The van der Waals surface area contributed by atoms with Gasteiger partial charge in [-0.15, -0.1) is 0 Å². The number of aliphatic hydroxyl groups excluding tert-OH is 1. The Balaban J connectivity index is 1.75. The van der Waals surface area contributed by atoms with Crippen molar-refractivity contribution in [2.24, 2.45) is 0 Å². The summed E-state index contributed by atoms with van der Waals surface area (Å²) in [6.45, 7) is 4.36. The Labute approximate surface area is 133 Å². The van der Waals surface area contributed by atoms with Crippen LogP contribution in [0, 0.1) is 0 Å². The molecule has 0 spiro atoms. The third kappa shape index (κ3) is 5.30. The van der Waals surface area contributed by atoms with Crippen molar-refractivity contribution < 1.29 is 9.90 Å². The summed E-state index contributed by atoms with van der Waals surface area (Å²) in [6.07, 6.45) is 7.49. The predicted octanol–water partition coefficient (Wildman–Crippen LogP) is 3.63. The Morgan fingerprint density at radius 2 is 1.86 bits per heavy atom. The van der Waals surface area contributed by atoms with Crippen molar-refractivity contribution in [2.45, 2.75) is 64.0 Å². The minimum absolute atomic E-state index is 0.0661. The lowest BCUT2D eigenvalue weighted by atomic mass is 9.93. The molecule has 0 saturated heterocycles. The second-order valence-electron chi connectivity index (χ2n) is 6.50. The Bertz CT molecular complexity index is 497. The van der Waals surface area contributed by atoms with E-state index in [-0.39, 0.29) is 18.1 Å². The summed E-state index contributed by atoms with van der Waals surface area (Å²) in [5, 5.41) is 12.5. The lowest BCUT2D eigenvalue weighted by molar-refractivity contribution is -0.121. The monoisotopic (exact) mass is 301 g/mol. The van der Waals surface area contributed by atoms with Gasteiger partial charge in [-0.25, -0.2) is 0 Å². The molecule has 1 aliphatic rings. The number of carbonyl (C=O) groups excluding carboxylic acids is 1. The Morgan fingerprint density at radius 1 is 1.23 bits per heavy atom. The van der Waals surface area contributed by atoms with Gasteiger partial charge >= 0.3 is 0 Å². The molecule has 0 unspecified atom stereocenters. The van der Waals surface area contributed by atoms with Gasteiger partial charge in [-0.2, -0.15) is 0 Å². The number of nitrogens with one attached hydrogen (secondary N) is 1. The third-order valence-electron chi connectivity index (χ3n) is 4.28. The molecule has 120 valence electrons. The van der Waals surface area contributed by atoms with Crippen LogP contribution in [0.25, 0.3) is 6.08 Å². The average molecular weight is 301 g/mol. The summed E-state index contributed by atoms with van der Waals surface area (Å²) in [7, 11) is 0. The van der Waals surface area contributed by atoms with Gasteiger partial charge in [0.05, 0.1) is 6.10 Å². The normalized spacial score (nSPS) is 22.2. The zero-order chi connectivity index (χ0) is 15.9. The van der Waals surface area contributed by atoms with Crippen LogP contribution in [0.4, 0.5) is 0 Å². The molecule has 2 N–H and O–H groups in total. The van der Waals surface area contributed by atoms with Gasteiger partial charge in [-0.1, -0.05) is 50.3 Å². The molecule has 1 aliphatic carbocycles. The number of amides is 1. The molecule has 0 atom stereocenters. The van der Waals surface area contributed by atoms with Gasteiger partial charge < -0.3 is 10.4 Å². The molecule has 1 amide bonds. The van der Waals surface area contributed by atoms with E-state index in [1.54, 1.807) is 0 Å². The fourth-order valence-electron chi connectivity index (χ4n) is 2.80. The Hall–Kier alpha value is -1.61. The highest BCUT2D eigenvalue weighted by Gasteiger charge is 2.20. The number of aliphatic hydroxyl groups is 1. The van der Waals surface area contributed by atoms with Crippen LogP contribution < -0.4 is 5.32 Å². The summed E-state index contributed by atoms with van der Waals surface area (Å²) < 4.78 is 0. The van der Waals surface area contributed by atoms with Gasteiger partial charge in [-0.3, -0.25) is 4.79 Å². The maximum Gasteiger partial charge on any atom is 0.224 e. The van der Waals surface area contributed by atoms with E-state index in [9.17, 15) is 9.90 Å². The van der Waals surface area contributed by atoms with Crippen molar-refractivity contribution in [3.8, 4) is 0 Å². The zero-order valence-electron chi connectivity index (χ0n) is 13.6. The molecule has 22 heavy (non-hydrogen) atoms. The minimum Gasteiger partial charge on any atom is -0.393 e. The average Bonchev–Trinajstić information content (AvgIpc) is 2.50. The van der Waals surface area contributed by atoms with E-state index in [2.05, 4.69) is 43.4 Å². The maximum atomic E-state index is 11.9. The number of rotatable bonds is 5. The third-order valence-corrected chi connectivity index (χ3v) is 4.28. The number of carbonyl (C=O) groups is 1. The molecule has 1 aromatic rings. The van der Waals surface area contributed by atoms with E-state index in [4.69, 9.17) is 0 Å². The molecule has 0 aliphatic heterocycles. The van der Waals surface area contributed by atoms with E-state index < -0.39 is 0 Å². The molecule has 0 radical (unpaired) electrons. The minimum atomic E-state index is -0.179. The second kappa shape index (κ2) is 8.14. The predicted molar refractivity (Wildman–Crippen MR) is 90.6 cm³/mol.